The van der Waals surface area contributed by atoms with Crippen LogP contribution in [0.2, 0.25) is 0 Å². The van der Waals surface area contributed by atoms with Gasteiger partial charge in [-0.25, -0.2) is 9.50 Å². The third-order valence-corrected chi connectivity index (χ3v) is 3.35. The summed E-state index contributed by atoms with van der Waals surface area (Å²) in [5.74, 6) is 0.269. The van der Waals surface area contributed by atoms with Crippen LogP contribution in [0.15, 0.2) is 42.6 Å². The lowest BCUT2D eigenvalue weighted by molar-refractivity contribution is -0.384. The summed E-state index contributed by atoms with van der Waals surface area (Å²) >= 11 is 0. The summed E-state index contributed by atoms with van der Waals surface area (Å²) in [4.78, 5) is 15.1. The van der Waals surface area contributed by atoms with Crippen molar-refractivity contribution in [2.45, 2.75) is 19.8 Å². The van der Waals surface area contributed by atoms with Crippen LogP contribution >= 0.6 is 0 Å². The summed E-state index contributed by atoms with van der Waals surface area (Å²) in [7, 11) is 0. The molecule has 0 atom stereocenters. The molecule has 2 heterocycles. The molecule has 0 N–H and O–H groups in total. The molecule has 0 fully saturated rings. The Hall–Kier alpha value is -2.76. The van der Waals surface area contributed by atoms with Crippen LogP contribution in [0.25, 0.3) is 16.9 Å². The fourth-order valence-electron chi connectivity index (χ4n) is 2.25. The number of para-hydroxylation sites is 1. The van der Waals surface area contributed by atoms with Crippen molar-refractivity contribution >= 4 is 11.3 Å². The molecular formula is C15H14N4O2. The molecule has 0 amide bonds. The SMILES string of the molecule is CC(C)c1cc2nccc(-c3ccccc3[N+](=O)[O-])n2n1. The van der Waals surface area contributed by atoms with Gasteiger partial charge in [-0.2, -0.15) is 5.10 Å². The van der Waals surface area contributed by atoms with Crippen LogP contribution in [0.1, 0.15) is 25.5 Å². The zero-order valence-corrected chi connectivity index (χ0v) is 11.7. The number of fused-ring (bicyclic) bond motifs is 1. The van der Waals surface area contributed by atoms with Gasteiger partial charge in [0.1, 0.15) is 0 Å². The maximum atomic E-state index is 11.2. The number of hydrogen-bond acceptors (Lipinski definition) is 4. The number of nitro benzene ring substituents is 1. The summed E-state index contributed by atoms with van der Waals surface area (Å²) in [6, 6.07) is 10.3. The number of nitrogens with zero attached hydrogens (tertiary/aromatic N) is 4. The smallest absolute Gasteiger partial charge is 0.258 e. The molecule has 0 unspecified atom stereocenters. The van der Waals surface area contributed by atoms with Crippen molar-refractivity contribution in [3.05, 3.63) is 58.4 Å². The van der Waals surface area contributed by atoms with Gasteiger partial charge < -0.3 is 0 Å². The van der Waals surface area contributed by atoms with Crippen molar-refractivity contribution < 1.29 is 4.92 Å². The van der Waals surface area contributed by atoms with Gasteiger partial charge in [-0.05, 0) is 18.1 Å². The standard InChI is InChI=1S/C15H14N4O2/c1-10(2)12-9-15-16-8-7-13(18(15)17-12)11-5-3-4-6-14(11)19(20)21/h3-10H,1-2H3. The van der Waals surface area contributed by atoms with Gasteiger partial charge in [0.15, 0.2) is 5.65 Å². The first kappa shape index (κ1) is 13.2. The van der Waals surface area contributed by atoms with Crippen LogP contribution in [0.4, 0.5) is 5.69 Å². The Kier molecular flexibility index (Phi) is 3.13. The molecule has 6 nitrogen and oxygen atoms in total. The highest BCUT2D eigenvalue weighted by Crippen LogP contribution is 2.29. The number of rotatable bonds is 3. The minimum absolute atomic E-state index is 0.0617. The first-order valence-electron chi connectivity index (χ1n) is 6.66. The van der Waals surface area contributed by atoms with Gasteiger partial charge >= 0.3 is 0 Å². The van der Waals surface area contributed by atoms with Crippen molar-refractivity contribution in [2.75, 3.05) is 0 Å². The molecule has 106 valence electrons. The molecule has 0 spiro atoms. The Balaban J connectivity index is 2.28. The average Bonchev–Trinajstić information content (AvgIpc) is 2.91. The number of benzene rings is 1. The minimum atomic E-state index is -0.381. The van der Waals surface area contributed by atoms with Crippen LogP contribution < -0.4 is 0 Å². The average molecular weight is 282 g/mol. The van der Waals surface area contributed by atoms with Crippen molar-refractivity contribution in [1.82, 2.24) is 14.6 Å². The van der Waals surface area contributed by atoms with E-state index in [0.717, 1.165) is 5.69 Å². The van der Waals surface area contributed by atoms with Crippen molar-refractivity contribution in [3.8, 4) is 11.3 Å². The molecule has 0 radical (unpaired) electrons. The van der Waals surface area contributed by atoms with Crippen molar-refractivity contribution in [2.24, 2.45) is 0 Å². The topological polar surface area (TPSA) is 73.3 Å². The first-order chi connectivity index (χ1) is 10.1. The second-order valence-electron chi connectivity index (χ2n) is 5.10. The van der Waals surface area contributed by atoms with Gasteiger partial charge in [-0.3, -0.25) is 10.1 Å². The molecule has 3 aromatic rings. The van der Waals surface area contributed by atoms with E-state index in [1.165, 1.54) is 6.07 Å². The zero-order chi connectivity index (χ0) is 15.0. The van der Waals surface area contributed by atoms with Crippen LogP contribution in [0.5, 0.6) is 0 Å². The molecule has 0 aliphatic heterocycles. The van der Waals surface area contributed by atoms with Gasteiger partial charge in [-0.1, -0.05) is 26.0 Å². The van der Waals surface area contributed by atoms with Crippen LogP contribution in [-0.2, 0) is 0 Å². The third-order valence-electron chi connectivity index (χ3n) is 3.35. The monoisotopic (exact) mass is 282 g/mol. The number of aromatic nitrogens is 3. The Morgan fingerprint density at radius 1 is 1.24 bits per heavy atom. The van der Waals surface area contributed by atoms with E-state index in [-0.39, 0.29) is 16.5 Å². The summed E-state index contributed by atoms with van der Waals surface area (Å²) in [6.45, 7) is 4.10. The Labute approximate surface area is 121 Å². The molecular weight excluding hydrogens is 268 g/mol. The second-order valence-corrected chi connectivity index (χ2v) is 5.10. The van der Waals surface area contributed by atoms with E-state index in [4.69, 9.17) is 0 Å². The molecule has 0 bridgehead atoms. The van der Waals surface area contributed by atoms with Crippen LogP contribution in [0.3, 0.4) is 0 Å². The molecule has 2 aromatic heterocycles. The molecule has 0 saturated carbocycles. The maximum Gasteiger partial charge on any atom is 0.278 e. The maximum absolute atomic E-state index is 11.2. The van der Waals surface area contributed by atoms with Crippen molar-refractivity contribution in [3.63, 3.8) is 0 Å². The van der Waals surface area contributed by atoms with E-state index in [2.05, 4.69) is 10.1 Å². The number of hydrogen-bond donors (Lipinski definition) is 0. The van der Waals surface area contributed by atoms with Crippen molar-refractivity contribution in [1.29, 1.82) is 0 Å². The predicted octanol–water partition coefficient (Wildman–Crippen LogP) is 3.43. The second kappa shape index (κ2) is 4.97. The molecule has 1 aromatic carbocycles. The van der Waals surface area contributed by atoms with Gasteiger partial charge in [0.05, 0.1) is 21.9 Å². The summed E-state index contributed by atoms with van der Waals surface area (Å²) in [5, 5.41) is 15.7. The van der Waals surface area contributed by atoms with Gasteiger partial charge in [0, 0.05) is 18.3 Å². The largest absolute Gasteiger partial charge is 0.278 e. The molecule has 0 aliphatic carbocycles. The lowest BCUT2D eigenvalue weighted by Crippen LogP contribution is -1.99. The minimum Gasteiger partial charge on any atom is -0.258 e. The summed E-state index contributed by atoms with van der Waals surface area (Å²) < 4.78 is 1.66. The first-order valence-corrected chi connectivity index (χ1v) is 6.66. The normalized spacial score (nSPS) is 11.2. The Morgan fingerprint density at radius 2 is 2.00 bits per heavy atom. The lowest BCUT2D eigenvalue weighted by atomic mass is 10.1. The summed E-state index contributed by atoms with van der Waals surface area (Å²) in [5.41, 5.74) is 2.86. The predicted molar refractivity (Wildman–Crippen MR) is 79.2 cm³/mol. The fraction of sp³-hybridized carbons (Fsp3) is 0.200. The van der Waals surface area contributed by atoms with Gasteiger partial charge in [0.25, 0.3) is 5.69 Å². The highest BCUT2D eigenvalue weighted by Gasteiger charge is 2.18. The van der Waals surface area contributed by atoms with Gasteiger partial charge in [0.2, 0.25) is 0 Å². The molecule has 0 aliphatic rings. The molecule has 3 rings (SSSR count). The number of nitro groups is 1. The Morgan fingerprint density at radius 3 is 2.71 bits per heavy atom. The van der Waals surface area contributed by atoms with Crippen LogP contribution in [-0.4, -0.2) is 19.5 Å². The van der Waals surface area contributed by atoms with E-state index >= 15 is 0 Å². The lowest BCUT2D eigenvalue weighted by Gasteiger charge is -2.05. The quantitative estimate of drug-likeness (QED) is 0.545. The molecule has 0 saturated heterocycles. The van der Waals surface area contributed by atoms with E-state index < -0.39 is 0 Å². The zero-order valence-electron chi connectivity index (χ0n) is 11.7. The molecule has 6 heteroatoms. The van der Waals surface area contributed by atoms with E-state index in [0.29, 0.717) is 16.9 Å². The van der Waals surface area contributed by atoms with Crippen LogP contribution in [0, 0.1) is 10.1 Å². The van der Waals surface area contributed by atoms with E-state index in [1.807, 2.05) is 19.9 Å². The highest BCUT2D eigenvalue weighted by molar-refractivity contribution is 5.72. The van der Waals surface area contributed by atoms with E-state index in [9.17, 15) is 10.1 Å². The summed E-state index contributed by atoms with van der Waals surface area (Å²) in [6.07, 6.45) is 1.65. The van der Waals surface area contributed by atoms with Gasteiger partial charge in [-0.15, -0.1) is 0 Å². The highest BCUT2D eigenvalue weighted by atomic mass is 16.6. The molecule has 21 heavy (non-hydrogen) atoms. The Bertz CT molecular complexity index is 823. The van der Waals surface area contributed by atoms with E-state index in [1.54, 1.807) is 35.0 Å². The third kappa shape index (κ3) is 2.24. The fourth-order valence-corrected chi connectivity index (χ4v) is 2.25.